The van der Waals surface area contributed by atoms with Crippen molar-refractivity contribution in [2.45, 2.75) is 40.3 Å². The maximum absolute atomic E-state index is 4.67. The van der Waals surface area contributed by atoms with Crippen LogP contribution in [-0.2, 0) is 6.54 Å². The standard InChI is InChI=1S/C15H20BrN3/c1-10(2)17-9-13-11(3)18-19(12(13)4)15-8-6-5-7-14(15)16/h5-8,10,17H,9H2,1-4H3. The van der Waals surface area contributed by atoms with Crippen molar-refractivity contribution in [1.29, 1.82) is 0 Å². The van der Waals surface area contributed by atoms with Gasteiger partial charge in [0.1, 0.15) is 0 Å². The fraction of sp³-hybridized carbons (Fsp3) is 0.400. The van der Waals surface area contributed by atoms with Crippen molar-refractivity contribution in [3.05, 3.63) is 45.7 Å². The van der Waals surface area contributed by atoms with Gasteiger partial charge in [-0.05, 0) is 41.9 Å². The monoisotopic (exact) mass is 321 g/mol. The zero-order valence-corrected chi connectivity index (χ0v) is 13.5. The highest BCUT2D eigenvalue weighted by molar-refractivity contribution is 9.10. The van der Waals surface area contributed by atoms with Crippen molar-refractivity contribution < 1.29 is 0 Å². The quantitative estimate of drug-likeness (QED) is 0.929. The van der Waals surface area contributed by atoms with Crippen LogP contribution in [0.3, 0.4) is 0 Å². The number of hydrogen-bond donors (Lipinski definition) is 1. The number of aryl methyl sites for hydroxylation is 1. The number of aromatic nitrogens is 2. The zero-order chi connectivity index (χ0) is 14.0. The lowest BCUT2D eigenvalue weighted by Gasteiger charge is -2.09. The molecular weight excluding hydrogens is 302 g/mol. The number of para-hydroxylation sites is 1. The maximum Gasteiger partial charge on any atom is 0.0790 e. The van der Waals surface area contributed by atoms with E-state index >= 15 is 0 Å². The van der Waals surface area contributed by atoms with E-state index in [4.69, 9.17) is 0 Å². The first kappa shape index (κ1) is 14.3. The molecular formula is C15H20BrN3. The molecule has 0 aliphatic rings. The van der Waals surface area contributed by atoms with Crippen molar-refractivity contribution >= 4 is 15.9 Å². The Morgan fingerprint density at radius 2 is 1.95 bits per heavy atom. The SMILES string of the molecule is Cc1nn(-c2ccccc2Br)c(C)c1CNC(C)C. The first-order valence-electron chi connectivity index (χ1n) is 6.54. The molecule has 0 atom stereocenters. The minimum absolute atomic E-state index is 0.477. The molecule has 4 heteroatoms. The van der Waals surface area contributed by atoms with Crippen molar-refractivity contribution in [1.82, 2.24) is 15.1 Å². The van der Waals surface area contributed by atoms with Crippen molar-refractivity contribution in [3.63, 3.8) is 0 Å². The molecule has 0 aliphatic heterocycles. The van der Waals surface area contributed by atoms with Crippen LogP contribution in [-0.4, -0.2) is 15.8 Å². The molecule has 0 radical (unpaired) electrons. The molecule has 3 nitrogen and oxygen atoms in total. The van der Waals surface area contributed by atoms with Crippen LogP contribution in [0.5, 0.6) is 0 Å². The molecule has 1 aromatic heterocycles. The van der Waals surface area contributed by atoms with E-state index in [1.54, 1.807) is 0 Å². The summed E-state index contributed by atoms with van der Waals surface area (Å²) in [5, 5.41) is 8.12. The zero-order valence-electron chi connectivity index (χ0n) is 11.9. The van der Waals surface area contributed by atoms with E-state index in [2.05, 4.69) is 60.1 Å². The van der Waals surface area contributed by atoms with E-state index in [0.29, 0.717) is 6.04 Å². The fourth-order valence-corrected chi connectivity index (χ4v) is 2.55. The van der Waals surface area contributed by atoms with E-state index in [9.17, 15) is 0 Å². The Kier molecular flexibility index (Phi) is 4.42. The van der Waals surface area contributed by atoms with Gasteiger partial charge in [-0.3, -0.25) is 0 Å². The predicted octanol–water partition coefficient (Wildman–Crippen LogP) is 3.75. The average Bonchev–Trinajstić information content (AvgIpc) is 2.63. The molecule has 2 aromatic rings. The molecule has 0 saturated heterocycles. The molecule has 19 heavy (non-hydrogen) atoms. The summed E-state index contributed by atoms with van der Waals surface area (Å²) in [6.45, 7) is 9.36. The second-order valence-electron chi connectivity index (χ2n) is 5.05. The lowest BCUT2D eigenvalue weighted by atomic mass is 10.2. The van der Waals surface area contributed by atoms with E-state index in [0.717, 1.165) is 22.4 Å². The molecule has 0 spiro atoms. The highest BCUT2D eigenvalue weighted by Crippen LogP contribution is 2.24. The number of nitrogens with zero attached hydrogens (tertiary/aromatic N) is 2. The molecule has 0 aliphatic carbocycles. The summed E-state index contributed by atoms with van der Waals surface area (Å²) in [5.74, 6) is 0. The summed E-state index contributed by atoms with van der Waals surface area (Å²) in [7, 11) is 0. The molecule has 2 rings (SSSR count). The molecule has 1 aromatic carbocycles. The second kappa shape index (κ2) is 5.88. The summed E-state index contributed by atoms with van der Waals surface area (Å²) < 4.78 is 3.07. The molecule has 0 fully saturated rings. The normalized spacial score (nSPS) is 11.3. The minimum atomic E-state index is 0.477. The van der Waals surface area contributed by atoms with Gasteiger partial charge >= 0.3 is 0 Å². The summed E-state index contributed by atoms with van der Waals surface area (Å²) in [6.07, 6.45) is 0. The van der Waals surface area contributed by atoms with Gasteiger partial charge in [0.25, 0.3) is 0 Å². The van der Waals surface area contributed by atoms with Gasteiger partial charge in [-0.15, -0.1) is 0 Å². The Bertz CT molecular complexity index is 573. The van der Waals surface area contributed by atoms with Crippen molar-refractivity contribution in [3.8, 4) is 5.69 Å². The highest BCUT2D eigenvalue weighted by atomic mass is 79.9. The van der Waals surface area contributed by atoms with E-state index in [-0.39, 0.29) is 0 Å². The predicted molar refractivity (Wildman–Crippen MR) is 82.7 cm³/mol. The van der Waals surface area contributed by atoms with Crippen molar-refractivity contribution in [2.75, 3.05) is 0 Å². The fourth-order valence-electron chi connectivity index (χ4n) is 2.10. The Balaban J connectivity index is 2.39. The lowest BCUT2D eigenvalue weighted by molar-refractivity contribution is 0.586. The highest BCUT2D eigenvalue weighted by Gasteiger charge is 2.14. The smallest absolute Gasteiger partial charge is 0.0790 e. The first-order valence-corrected chi connectivity index (χ1v) is 7.33. The largest absolute Gasteiger partial charge is 0.310 e. The molecule has 1 N–H and O–H groups in total. The van der Waals surface area contributed by atoms with Crippen LogP contribution < -0.4 is 5.32 Å². The Hall–Kier alpha value is -1.13. The van der Waals surface area contributed by atoms with Gasteiger partial charge in [0.15, 0.2) is 0 Å². The van der Waals surface area contributed by atoms with Crippen LogP contribution in [0.15, 0.2) is 28.7 Å². The molecule has 0 amide bonds. The van der Waals surface area contributed by atoms with E-state index in [1.807, 2.05) is 22.9 Å². The van der Waals surface area contributed by atoms with Gasteiger partial charge < -0.3 is 5.32 Å². The number of benzene rings is 1. The third-order valence-corrected chi connectivity index (χ3v) is 3.88. The van der Waals surface area contributed by atoms with Gasteiger partial charge in [0.05, 0.1) is 11.4 Å². The van der Waals surface area contributed by atoms with Gasteiger partial charge in [-0.25, -0.2) is 4.68 Å². The van der Waals surface area contributed by atoms with Gasteiger partial charge in [0.2, 0.25) is 0 Å². The molecule has 0 saturated carbocycles. The van der Waals surface area contributed by atoms with Gasteiger partial charge in [0, 0.05) is 28.3 Å². The van der Waals surface area contributed by atoms with E-state index < -0.39 is 0 Å². The Morgan fingerprint density at radius 3 is 2.58 bits per heavy atom. The third-order valence-electron chi connectivity index (χ3n) is 3.21. The van der Waals surface area contributed by atoms with Crippen LogP contribution in [0.4, 0.5) is 0 Å². The van der Waals surface area contributed by atoms with Crippen LogP contribution in [0.2, 0.25) is 0 Å². The summed E-state index contributed by atoms with van der Waals surface area (Å²) in [4.78, 5) is 0. The summed E-state index contributed by atoms with van der Waals surface area (Å²) in [6, 6.07) is 8.63. The minimum Gasteiger partial charge on any atom is -0.310 e. The number of nitrogens with one attached hydrogen (secondary N) is 1. The van der Waals surface area contributed by atoms with Crippen LogP contribution in [0, 0.1) is 13.8 Å². The number of rotatable bonds is 4. The van der Waals surface area contributed by atoms with Gasteiger partial charge in [-0.2, -0.15) is 5.10 Å². The molecule has 102 valence electrons. The third kappa shape index (κ3) is 3.07. The number of halogens is 1. The molecule has 1 heterocycles. The van der Waals surface area contributed by atoms with Crippen molar-refractivity contribution in [2.24, 2.45) is 0 Å². The molecule has 0 bridgehead atoms. The van der Waals surface area contributed by atoms with Crippen LogP contribution >= 0.6 is 15.9 Å². The van der Waals surface area contributed by atoms with Crippen LogP contribution in [0.25, 0.3) is 5.69 Å². The lowest BCUT2D eigenvalue weighted by Crippen LogP contribution is -2.22. The topological polar surface area (TPSA) is 29.9 Å². The van der Waals surface area contributed by atoms with Crippen LogP contribution in [0.1, 0.15) is 30.8 Å². The average molecular weight is 322 g/mol. The van der Waals surface area contributed by atoms with E-state index in [1.165, 1.54) is 11.3 Å². The second-order valence-corrected chi connectivity index (χ2v) is 5.90. The maximum atomic E-state index is 4.67. The number of hydrogen-bond acceptors (Lipinski definition) is 2. The first-order chi connectivity index (χ1) is 9.00. The summed E-state index contributed by atoms with van der Waals surface area (Å²) in [5.41, 5.74) is 4.64. The van der Waals surface area contributed by atoms with Gasteiger partial charge in [-0.1, -0.05) is 26.0 Å². The molecule has 0 unspecified atom stereocenters. The summed E-state index contributed by atoms with van der Waals surface area (Å²) >= 11 is 3.59. The Morgan fingerprint density at radius 1 is 1.26 bits per heavy atom. The Labute approximate surface area is 123 Å².